The van der Waals surface area contributed by atoms with Crippen molar-refractivity contribution in [2.45, 2.75) is 31.3 Å². The van der Waals surface area contributed by atoms with Gasteiger partial charge in [-0.3, -0.25) is 14.7 Å². The van der Waals surface area contributed by atoms with Crippen molar-refractivity contribution in [1.29, 1.82) is 0 Å². The van der Waals surface area contributed by atoms with Crippen LogP contribution in [0.15, 0.2) is 22.9 Å². The molecule has 3 rings (SSSR count). The van der Waals surface area contributed by atoms with Crippen LogP contribution < -0.4 is 0 Å². The summed E-state index contributed by atoms with van der Waals surface area (Å²) in [5.74, 6) is -0.451. The molecule has 0 saturated carbocycles. The van der Waals surface area contributed by atoms with Crippen LogP contribution in [0.4, 0.5) is 4.79 Å². The number of hydrogen-bond acceptors (Lipinski definition) is 6. The Kier molecular flexibility index (Phi) is 5.75. The van der Waals surface area contributed by atoms with Crippen LogP contribution in [0, 0.1) is 0 Å². The normalized spacial score (nSPS) is 20.8. The molecular weight excluding hydrogens is 406 g/mol. The number of halogens is 1. The number of methoxy groups -OCH3 is 1. The standard InChI is InChI=1S/C17H20BrN3O5/c1-25-16(23)14-10-26-17(24)21(14)13-2-4-20(5-3-13)15(22)7-11-6-12(18)9-19-8-11/h6,8-9,13-14H,2-5,7,10H2,1H3/t14-/m1/s1. The van der Waals surface area contributed by atoms with E-state index >= 15 is 0 Å². The number of pyridine rings is 1. The molecule has 2 saturated heterocycles. The van der Waals surface area contributed by atoms with Crippen LogP contribution in [0.3, 0.4) is 0 Å². The first-order valence-corrected chi connectivity index (χ1v) is 9.19. The third-order valence-electron chi connectivity index (χ3n) is 4.71. The van der Waals surface area contributed by atoms with E-state index in [1.54, 1.807) is 17.3 Å². The lowest BCUT2D eigenvalue weighted by molar-refractivity contribution is -0.146. The lowest BCUT2D eigenvalue weighted by Crippen LogP contribution is -2.52. The van der Waals surface area contributed by atoms with E-state index in [9.17, 15) is 14.4 Å². The second-order valence-corrected chi connectivity index (χ2v) is 7.24. The molecule has 2 aliphatic rings. The van der Waals surface area contributed by atoms with Gasteiger partial charge in [0.1, 0.15) is 6.61 Å². The number of nitrogens with zero attached hydrogens (tertiary/aromatic N) is 3. The number of hydrogen-bond donors (Lipinski definition) is 0. The van der Waals surface area contributed by atoms with Gasteiger partial charge in [-0.15, -0.1) is 0 Å². The number of ether oxygens (including phenoxy) is 2. The van der Waals surface area contributed by atoms with Crippen LogP contribution in [0.1, 0.15) is 18.4 Å². The summed E-state index contributed by atoms with van der Waals surface area (Å²) in [4.78, 5) is 43.7. The van der Waals surface area contributed by atoms with Crippen molar-refractivity contribution < 1.29 is 23.9 Å². The third kappa shape index (κ3) is 3.98. The zero-order valence-electron chi connectivity index (χ0n) is 14.4. The summed E-state index contributed by atoms with van der Waals surface area (Å²) in [6, 6.07) is 1.04. The Hall–Kier alpha value is -2.16. The zero-order chi connectivity index (χ0) is 18.7. The van der Waals surface area contributed by atoms with Gasteiger partial charge in [-0.25, -0.2) is 9.59 Å². The molecule has 2 fully saturated rings. The average molecular weight is 426 g/mol. The fourth-order valence-corrected chi connectivity index (χ4v) is 3.80. The van der Waals surface area contributed by atoms with Crippen LogP contribution in [-0.2, 0) is 25.5 Å². The molecule has 1 aromatic rings. The highest BCUT2D eigenvalue weighted by Crippen LogP contribution is 2.25. The number of likely N-dealkylation sites (tertiary alicyclic amines) is 1. The molecule has 8 nitrogen and oxygen atoms in total. The summed E-state index contributed by atoms with van der Waals surface area (Å²) in [5.41, 5.74) is 0.848. The average Bonchev–Trinajstić information content (AvgIpc) is 3.02. The first-order chi connectivity index (χ1) is 12.5. The highest BCUT2D eigenvalue weighted by atomic mass is 79.9. The molecule has 0 bridgehead atoms. The van der Waals surface area contributed by atoms with Crippen molar-refractivity contribution in [1.82, 2.24) is 14.8 Å². The van der Waals surface area contributed by atoms with Gasteiger partial charge in [0.05, 0.1) is 13.5 Å². The topological polar surface area (TPSA) is 89.0 Å². The number of esters is 1. The van der Waals surface area contributed by atoms with E-state index in [2.05, 4.69) is 20.9 Å². The van der Waals surface area contributed by atoms with Gasteiger partial charge in [-0.2, -0.15) is 0 Å². The molecule has 26 heavy (non-hydrogen) atoms. The SMILES string of the molecule is COC(=O)[C@H]1COC(=O)N1C1CCN(C(=O)Cc2cncc(Br)c2)CC1. The van der Waals surface area contributed by atoms with Gasteiger partial charge >= 0.3 is 12.1 Å². The Morgan fingerprint density at radius 1 is 1.35 bits per heavy atom. The van der Waals surface area contributed by atoms with Gasteiger partial charge in [0.15, 0.2) is 6.04 Å². The second kappa shape index (κ2) is 8.03. The minimum Gasteiger partial charge on any atom is -0.467 e. The Morgan fingerprint density at radius 3 is 2.73 bits per heavy atom. The minimum absolute atomic E-state index is 0.0144. The Balaban J connectivity index is 1.57. The van der Waals surface area contributed by atoms with E-state index in [1.807, 2.05) is 6.07 Å². The monoisotopic (exact) mass is 425 g/mol. The molecule has 0 unspecified atom stereocenters. The molecule has 3 heterocycles. The summed E-state index contributed by atoms with van der Waals surface area (Å²) in [6.45, 7) is 1.08. The second-order valence-electron chi connectivity index (χ2n) is 6.32. The Morgan fingerprint density at radius 2 is 2.08 bits per heavy atom. The van der Waals surface area contributed by atoms with Crippen LogP contribution >= 0.6 is 15.9 Å². The minimum atomic E-state index is -0.701. The maximum atomic E-state index is 12.5. The summed E-state index contributed by atoms with van der Waals surface area (Å²) in [5, 5.41) is 0. The molecule has 140 valence electrons. The predicted octanol–water partition coefficient (Wildman–Crippen LogP) is 1.37. The van der Waals surface area contributed by atoms with Crippen molar-refractivity contribution in [3.63, 3.8) is 0 Å². The number of amides is 2. The van der Waals surface area contributed by atoms with Gasteiger partial charge in [0.25, 0.3) is 0 Å². The van der Waals surface area contributed by atoms with Crippen molar-refractivity contribution in [3.05, 3.63) is 28.5 Å². The first-order valence-electron chi connectivity index (χ1n) is 8.39. The van der Waals surface area contributed by atoms with Crippen molar-refractivity contribution in [3.8, 4) is 0 Å². The van der Waals surface area contributed by atoms with Crippen molar-refractivity contribution in [2.75, 3.05) is 26.8 Å². The number of rotatable bonds is 4. The Bertz CT molecular complexity index is 705. The summed E-state index contributed by atoms with van der Waals surface area (Å²) >= 11 is 3.35. The van der Waals surface area contributed by atoms with E-state index in [-0.39, 0.29) is 25.0 Å². The fraction of sp³-hybridized carbons (Fsp3) is 0.529. The number of cyclic esters (lactones) is 1. The van der Waals surface area contributed by atoms with E-state index in [1.165, 1.54) is 12.0 Å². The van der Waals surface area contributed by atoms with Gasteiger partial charge in [0, 0.05) is 36.0 Å². The van der Waals surface area contributed by atoms with E-state index in [0.29, 0.717) is 25.9 Å². The number of carbonyl (C=O) groups is 3. The molecule has 0 radical (unpaired) electrons. The largest absolute Gasteiger partial charge is 0.467 e. The summed E-state index contributed by atoms with van der Waals surface area (Å²) in [6.07, 6.45) is 4.34. The van der Waals surface area contributed by atoms with Gasteiger partial charge in [0.2, 0.25) is 5.91 Å². The first kappa shape index (κ1) is 18.6. The van der Waals surface area contributed by atoms with Crippen LogP contribution in [0.25, 0.3) is 0 Å². The zero-order valence-corrected chi connectivity index (χ0v) is 16.0. The molecule has 1 atom stereocenters. The summed E-state index contributed by atoms with van der Waals surface area (Å²) < 4.78 is 10.6. The molecule has 0 aromatic carbocycles. The maximum Gasteiger partial charge on any atom is 0.410 e. The fourth-order valence-electron chi connectivity index (χ4n) is 3.39. The van der Waals surface area contributed by atoms with Gasteiger partial charge in [-0.1, -0.05) is 0 Å². The molecule has 0 aliphatic carbocycles. The van der Waals surface area contributed by atoms with Crippen molar-refractivity contribution in [2.24, 2.45) is 0 Å². The smallest absolute Gasteiger partial charge is 0.410 e. The van der Waals surface area contributed by atoms with Crippen LogP contribution in [0.2, 0.25) is 0 Å². The van der Waals surface area contributed by atoms with E-state index < -0.39 is 18.1 Å². The van der Waals surface area contributed by atoms with Crippen LogP contribution in [-0.4, -0.2) is 71.6 Å². The lowest BCUT2D eigenvalue weighted by Gasteiger charge is -2.37. The Labute approximate surface area is 159 Å². The number of carbonyl (C=O) groups excluding carboxylic acids is 3. The molecule has 1 aromatic heterocycles. The molecule has 2 amide bonds. The molecular formula is C17H20BrN3O5. The number of piperidine rings is 1. The van der Waals surface area contributed by atoms with Crippen molar-refractivity contribution >= 4 is 33.9 Å². The van der Waals surface area contributed by atoms with Gasteiger partial charge < -0.3 is 14.4 Å². The van der Waals surface area contributed by atoms with E-state index in [0.717, 1.165) is 10.0 Å². The molecule has 0 spiro atoms. The highest BCUT2D eigenvalue weighted by molar-refractivity contribution is 9.10. The van der Waals surface area contributed by atoms with Gasteiger partial charge in [-0.05, 0) is 40.4 Å². The molecule has 2 aliphatic heterocycles. The third-order valence-corrected chi connectivity index (χ3v) is 5.15. The summed E-state index contributed by atoms with van der Waals surface area (Å²) in [7, 11) is 1.29. The van der Waals surface area contributed by atoms with E-state index in [4.69, 9.17) is 9.47 Å². The van der Waals surface area contributed by atoms with Crippen LogP contribution in [0.5, 0.6) is 0 Å². The maximum absolute atomic E-state index is 12.5. The highest BCUT2D eigenvalue weighted by Gasteiger charge is 2.44. The lowest BCUT2D eigenvalue weighted by atomic mass is 10.0. The molecule has 9 heteroatoms. The number of aromatic nitrogens is 1. The quantitative estimate of drug-likeness (QED) is 0.676. The predicted molar refractivity (Wildman–Crippen MR) is 94.2 cm³/mol. The molecule has 0 N–H and O–H groups in total.